The van der Waals surface area contributed by atoms with Gasteiger partial charge in [-0.3, -0.25) is 24.2 Å². The van der Waals surface area contributed by atoms with Gasteiger partial charge >= 0.3 is 14.7 Å². The average Bonchev–Trinajstić information content (AvgIpc) is 2.59. The fourth-order valence-electron chi connectivity index (χ4n) is 0.178. The zero-order valence-electron chi connectivity index (χ0n) is 11.4. The van der Waals surface area contributed by atoms with E-state index < -0.39 is 31.0 Å². The van der Waals surface area contributed by atoms with E-state index in [1.54, 1.807) is 0 Å². The van der Waals surface area contributed by atoms with Gasteiger partial charge in [-0.05, 0) is 19.7 Å². The molecule has 132 valence electrons. The fraction of sp³-hybridized carbons (Fsp3) is 1.00. The van der Waals surface area contributed by atoms with Crippen LogP contribution in [0.4, 0.5) is 0 Å². The Labute approximate surface area is 131 Å². The number of hydrogen-bond donors (Lipinski definition) is 3. The SMILES string of the molecule is CC.CCP=O.O=PP(P=O)[P+](=O)OOOOOOO.OO. The van der Waals surface area contributed by atoms with Gasteiger partial charge in [-0.25, -0.2) is 5.26 Å². The van der Waals surface area contributed by atoms with Crippen LogP contribution in [0.2, 0.25) is 0 Å². The predicted molar refractivity (Wildman–Crippen MR) is 73.6 cm³/mol. The van der Waals surface area contributed by atoms with Gasteiger partial charge in [-0.15, -0.1) is 0 Å². The van der Waals surface area contributed by atoms with Crippen LogP contribution < -0.4 is 0 Å². The molecule has 18 heteroatoms. The van der Waals surface area contributed by atoms with Gasteiger partial charge < -0.3 is 0 Å². The Morgan fingerprint density at radius 1 is 1.00 bits per heavy atom. The monoisotopic (exact) mass is 425 g/mol. The van der Waals surface area contributed by atoms with E-state index in [0.29, 0.717) is 0 Å². The average molecular weight is 425 g/mol. The standard InChI is InChI=1S/C2H5OP.C2H6.O10P4.H2O2/c1-2-4-3;1-2;1-5-6-7-8-9-10-13(4)14(11-2)12-3;1-2/h2H2,1H3;1-2H3;;1-2H/p+1. The quantitative estimate of drug-likeness (QED) is 0.183. The lowest BCUT2D eigenvalue weighted by Crippen LogP contribution is -1.95. The summed E-state index contributed by atoms with van der Waals surface area (Å²) in [7, 11) is -3.53. The summed E-state index contributed by atoms with van der Waals surface area (Å²) in [6.45, 7) is 3.95. The highest BCUT2D eigenvalue weighted by molar-refractivity contribution is 8.71. The molecule has 0 aliphatic carbocycles. The van der Waals surface area contributed by atoms with E-state index in [9.17, 15) is 18.3 Å². The first-order chi connectivity index (χ1) is 10.7. The van der Waals surface area contributed by atoms with Crippen LogP contribution in [0.1, 0.15) is 20.8 Å². The topological polar surface area (TPSA) is 184 Å². The smallest absolute Gasteiger partial charge is 0.275 e. The Kier molecular flexibility index (Phi) is 45.8. The Morgan fingerprint density at radius 2 is 1.41 bits per heavy atom. The molecule has 1 atom stereocenters. The van der Waals surface area contributed by atoms with Crippen molar-refractivity contribution >= 4 is 39.5 Å². The molecule has 0 saturated carbocycles. The fourth-order valence-corrected chi connectivity index (χ4v) is 3.05. The molecule has 0 heterocycles. The first kappa shape index (κ1) is 30.4. The molecule has 22 heavy (non-hydrogen) atoms. The second kappa shape index (κ2) is 33.2. The van der Waals surface area contributed by atoms with Crippen LogP contribution >= 0.6 is 39.5 Å². The van der Waals surface area contributed by atoms with Crippen molar-refractivity contribution in [3.05, 3.63) is 0 Å². The van der Waals surface area contributed by atoms with Crippen molar-refractivity contribution < 1.29 is 63.9 Å². The molecule has 1 unspecified atom stereocenters. The van der Waals surface area contributed by atoms with Crippen LogP contribution in [0.15, 0.2) is 0 Å². The van der Waals surface area contributed by atoms with E-state index in [4.69, 9.17) is 15.8 Å². The third-order valence-electron chi connectivity index (χ3n) is 0.629. The molecule has 0 aliphatic rings. The minimum absolute atomic E-state index is 0.248. The van der Waals surface area contributed by atoms with Crippen molar-refractivity contribution in [2.24, 2.45) is 0 Å². The van der Waals surface area contributed by atoms with Gasteiger partial charge in [0.05, 0.1) is 4.67 Å². The van der Waals surface area contributed by atoms with Crippen LogP contribution in [0, 0.1) is 0 Å². The molecule has 0 aromatic rings. The molecule has 0 aromatic heterocycles. The Bertz CT molecular complexity index is 245. The third-order valence-corrected chi connectivity index (χ3v) is 8.87. The Hall–Kier alpha value is 0.470. The van der Waals surface area contributed by atoms with Crippen LogP contribution in [0.3, 0.4) is 0 Å². The lowest BCUT2D eigenvalue weighted by Gasteiger charge is -1.90. The minimum atomic E-state index is -2.59. The molecule has 0 bridgehead atoms. The molecule has 0 fully saturated rings. The van der Waals surface area contributed by atoms with Gasteiger partial charge in [0, 0.05) is 16.2 Å². The summed E-state index contributed by atoms with van der Waals surface area (Å²) in [6.07, 6.45) is 0.736. The van der Waals surface area contributed by atoms with Crippen molar-refractivity contribution in [3.63, 3.8) is 0 Å². The number of rotatable bonds is 10. The molecule has 0 aromatic carbocycles. The van der Waals surface area contributed by atoms with Crippen LogP contribution in [-0.4, -0.2) is 21.9 Å². The second-order valence-electron chi connectivity index (χ2n) is 1.54. The highest BCUT2D eigenvalue weighted by Crippen LogP contribution is 2.77. The Morgan fingerprint density at radius 3 is 1.73 bits per heavy atom. The first-order valence-electron chi connectivity index (χ1n) is 4.75. The zero-order valence-corrected chi connectivity index (χ0v) is 15.8. The van der Waals surface area contributed by atoms with Crippen LogP contribution in [0.5, 0.6) is 0 Å². The highest BCUT2D eigenvalue weighted by atomic mass is 32.7. The van der Waals surface area contributed by atoms with Crippen molar-refractivity contribution in [2.45, 2.75) is 20.8 Å². The minimum Gasteiger partial charge on any atom is -0.275 e. The molecule has 13 nitrogen and oxygen atoms in total. The summed E-state index contributed by atoms with van der Waals surface area (Å²) in [4.78, 5) is 0. The van der Waals surface area contributed by atoms with Crippen molar-refractivity contribution in [2.75, 3.05) is 6.16 Å². The van der Waals surface area contributed by atoms with E-state index >= 15 is 0 Å². The van der Waals surface area contributed by atoms with Gasteiger partial charge in [0.25, 0.3) is 16.3 Å². The van der Waals surface area contributed by atoms with Crippen molar-refractivity contribution in [1.29, 1.82) is 0 Å². The molecule has 0 saturated heterocycles. The molecule has 0 spiro atoms. The molecular weight excluding hydrogens is 411 g/mol. The third kappa shape index (κ3) is 28.6. The number of hydrogen-bond acceptors (Lipinski definition) is 13. The van der Waals surface area contributed by atoms with Crippen molar-refractivity contribution in [1.82, 2.24) is 0 Å². The normalized spacial score (nSPS) is 11.3. The summed E-state index contributed by atoms with van der Waals surface area (Å²) < 4.78 is 44.3. The second-order valence-corrected chi connectivity index (χ2v) is 12.3. The molecule has 0 amide bonds. The largest absolute Gasteiger partial charge is 0.582 e. The van der Waals surface area contributed by atoms with Gasteiger partial charge in [-0.1, -0.05) is 20.8 Å². The maximum absolute atomic E-state index is 10.8. The highest BCUT2D eigenvalue weighted by Gasteiger charge is 2.39. The van der Waals surface area contributed by atoms with Gasteiger partial charge in [0.1, 0.15) is 0 Å². The molecule has 0 radical (unpaired) electrons. The molecule has 0 rings (SSSR count). The summed E-state index contributed by atoms with van der Waals surface area (Å²) in [5, 5.41) is 36.0. The first-order valence-corrected chi connectivity index (χ1v) is 12.0. The summed E-state index contributed by atoms with van der Waals surface area (Å²) in [5.41, 5.74) is 0. The van der Waals surface area contributed by atoms with E-state index in [1.165, 1.54) is 0 Å². The van der Waals surface area contributed by atoms with Gasteiger partial charge in [-0.2, -0.15) is 0 Å². The van der Waals surface area contributed by atoms with E-state index in [-0.39, 0.29) is 8.46 Å². The van der Waals surface area contributed by atoms with Crippen molar-refractivity contribution in [3.8, 4) is 0 Å². The van der Waals surface area contributed by atoms with E-state index in [2.05, 4.69) is 29.9 Å². The van der Waals surface area contributed by atoms with Crippen LogP contribution in [-0.2, 0) is 48.1 Å². The van der Waals surface area contributed by atoms with E-state index in [1.807, 2.05) is 20.8 Å². The maximum atomic E-state index is 10.8. The Balaban J connectivity index is -0.000000170. The van der Waals surface area contributed by atoms with Gasteiger partial charge in [0.15, 0.2) is 8.46 Å². The molecule has 0 aliphatic heterocycles. The summed E-state index contributed by atoms with van der Waals surface area (Å²) >= 11 is 0. The summed E-state index contributed by atoms with van der Waals surface area (Å²) in [6, 6.07) is 0. The summed E-state index contributed by atoms with van der Waals surface area (Å²) in [5.74, 6) is 0. The lowest BCUT2D eigenvalue weighted by molar-refractivity contribution is -0.779. The van der Waals surface area contributed by atoms with E-state index in [0.717, 1.165) is 6.16 Å². The maximum Gasteiger partial charge on any atom is 0.582 e. The lowest BCUT2D eigenvalue weighted by atomic mass is 11.0. The van der Waals surface area contributed by atoms with Gasteiger partial charge in [0.2, 0.25) is 0 Å². The van der Waals surface area contributed by atoms with Crippen LogP contribution in [0.25, 0.3) is 0 Å². The molecule has 3 N–H and O–H groups in total. The predicted octanol–water partition coefficient (Wildman–Crippen LogP) is 5.03. The zero-order chi connectivity index (χ0) is 18.2. The molecular formula is C4H14O13P5+.